The summed E-state index contributed by atoms with van der Waals surface area (Å²) in [5.74, 6) is -0.295. The Morgan fingerprint density at radius 3 is 2.20 bits per heavy atom. The topological polar surface area (TPSA) is 86.8 Å². The van der Waals surface area contributed by atoms with Crippen LogP contribution in [0.2, 0.25) is 0 Å². The molecule has 8 heteroatoms. The lowest BCUT2D eigenvalue weighted by molar-refractivity contribution is -0.141. The molecular formula is C36H47N3O4S. The van der Waals surface area contributed by atoms with Crippen LogP contribution >= 0.6 is 0 Å². The minimum absolute atomic E-state index is 0.118. The summed E-state index contributed by atoms with van der Waals surface area (Å²) in [5, 5.41) is 3.28. The average molecular weight is 618 g/mol. The molecule has 0 spiro atoms. The number of rotatable bonds is 14. The summed E-state index contributed by atoms with van der Waals surface area (Å²) in [6.45, 7) is 4.54. The van der Waals surface area contributed by atoms with Crippen LogP contribution in [0.15, 0.2) is 78.9 Å². The monoisotopic (exact) mass is 617 g/mol. The van der Waals surface area contributed by atoms with Gasteiger partial charge in [-0.3, -0.25) is 13.9 Å². The van der Waals surface area contributed by atoms with Gasteiger partial charge in [0, 0.05) is 32.0 Å². The van der Waals surface area contributed by atoms with Gasteiger partial charge in [-0.05, 0) is 61.4 Å². The van der Waals surface area contributed by atoms with E-state index in [1.54, 1.807) is 4.90 Å². The summed E-state index contributed by atoms with van der Waals surface area (Å²) >= 11 is 0. The molecule has 0 saturated heterocycles. The molecular weight excluding hydrogens is 570 g/mol. The maximum Gasteiger partial charge on any atom is 0.243 e. The van der Waals surface area contributed by atoms with Crippen LogP contribution in [-0.2, 0) is 39.0 Å². The second kappa shape index (κ2) is 15.9. The summed E-state index contributed by atoms with van der Waals surface area (Å²) in [5.41, 5.74) is 4.73. The van der Waals surface area contributed by atoms with Crippen LogP contribution in [0.5, 0.6) is 0 Å². The Hall–Kier alpha value is -3.65. The van der Waals surface area contributed by atoms with Crippen molar-refractivity contribution in [2.45, 2.75) is 90.3 Å². The molecule has 0 aromatic heterocycles. The maximum atomic E-state index is 14.1. The number of amides is 2. The second-order valence-electron chi connectivity index (χ2n) is 12.0. The lowest BCUT2D eigenvalue weighted by Crippen LogP contribution is -2.53. The molecule has 1 aliphatic rings. The lowest BCUT2D eigenvalue weighted by atomic mass is 9.94. The molecule has 2 amide bonds. The lowest BCUT2D eigenvalue weighted by Gasteiger charge is -2.34. The van der Waals surface area contributed by atoms with Gasteiger partial charge in [0.15, 0.2) is 0 Å². The van der Waals surface area contributed by atoms with E-state index in [9.17, 15) is 18.0 Å². The minimum Gasteiger partial charge on any atom is -0.352 e. The molecule has 1 aliphatic carbocycles. The molecule has 1 saturated carbocycles. The zero-order valence-electron chi connectivity index (χ0n) is 26.4. The number of hydrogen-bond acceptors (Lipinski definition) is 4. The Morgan fingerprint density at radius 2 is 1.57 bits per heavy atom. The largest absolute Gasteiger partial charge is 0.352 e. The van der Waals surface area contributed by atoms with E-state index in [-0.39, 0.29) is 30.8 Å². The molecule has 7 nitrogen and oxygen atoms in total. The Bertz CT molecular complexity index is 1470. The molecule has 1 unspecified atom stereocenters. The van der Waals surface area contributed by atoms with E-state index < -0.39 is 16.1 Å². The minimum atomic E-state index is -3.55. The van der Waals surface area contributed by atoms with Crippen LogP contribution in [0.25, 0.3) is 0 Å². The first kappa shape index (κ1) is 33.2. The van der Waals surface area contributed by atoms with Crippen LogP contribution in [-0.4, -0.2) is 50.0 Å². The predicted molar refractivity (Wildman–Crippen MR) is 178 cm³/mol. The van der Waals surface area contributed by atoms with Gasteiger partial charge in [0.2, 0.25) is 21.8 Å². The predicted octanol–water partition coefficient (Wildman–Crippen LogP) is 6.19. The van der Waals surface area contributed by atoms with Gasteiger partial charge in [-0.1, -0.05) is 98.5 Å². The van der Waals surface area contributed by atoms with Crippen molar-refractivity contribution in [2.24, 2.45) is 0 Å². The summed E-state index contributed by atoms with van der Waals surface area (Å²) in [6.07, 6.45) is 8.19. The molecule has 1 fully saturated rings. The quantitative estimate of drug-likeness (QED) is 0.234. The molecule has 236 valence electrons. The van der Waals surface area contributed by atoms with Gasteiger partial charge in [-0.25, -0.2) is 8.42 Å². The highest BCUT2D eigenvalue weighted by molar-refractivity contribution is 7.92. The van der Waals surface area contributed by atoms with Gasteiger partial charge in [-0.2, -0.15) is 0 Å². The highest BCUT2D eigenvalue weighted by atomic mass is 32.2. The normalized spacial score (nSPS) is 14.5. The number of aryl methyl sites for hydroxylation is 2. The Kier molecular flexibility index (Phi) is 12.0. The third-order valence-electron chi connectivity index (χ3n) is 8.44. The summed E-state index contributed by atoms with van der Waals surface area (Å²) in [6, 6.07) is 24.8. The number of anilines is 1. The average Bonchev–Trinajstić information content (AvgIpc) is 3.01. The molecule has 0 bridgehead atoms. The number of nitrogens with zero attached hydrogens (tertiary/aromatic N) is 2. The number of benzene rings is 3. The van der Waals surface area contributed by atoms with Crippen LogP contribution in [0, 0.1) is 6.92 Å². The zero-order valence-corrected chi connectivity index (χ0v) is 27.2. The first-order chi connectivity index (χ1) is 21.1. The third-order valence-corrected chi connectivity index (χ3v) is 9.64. The van der Waals surface area contributed by atoms with Gasteiger partial charge in [0.05, 0.1) is 11.9 Å². The highest BCUT2D eigenvalue weighted by Crippen LogP contribution is 2.22. The SMILES string of the molecule is CCc1ccc(N(CCCC(=O)N(Cc2cccc(C)c2)C(Cc2ccccc2)C(=O)NC2CCCCC2)S(C)(=O)=O)cc1. The molecule has 44 heavy (non-hydrogen) atoms. The molecule has 0 aliphatic heterocycles. The van der Waals surface area contributed by atoms with Crippen LogP contribution < -0.4 is 9.62 Å². The van der Waals surface area contributed by atoms with Crippen molar-refractivity contribution in [3.63, 3.8) is 0 Å². The number of sulfonamides is 1. The Morgan fingerprint density at radius 1 is 0.886 bits per heavy atom. The molecule has 1 atom stereocenters. The zero-order chi connectivity index (χ0) is 31.5. The van der Waals surface area contributed by atoms with Crippen molar-refractivity contribution in [3.05, 3.63) is 101 Å². The van der Waals surface area contributed by atoms with Gasteiger partial charge >= 0.3 is 0 Å². The Labute approximate surface area is 263 Å². The summed E-state index contributed by atoms with van der Waals surface area (Å²) < 4.78 is 26.8. The van der Waals surface area contributed by atoms with E-state index in [4.69, 9.17) is 0 Å². The van der Waals surface area contributed by atoms with Crippen LogP contribution in [0.1, 0.15) is 74.1 Å². The third kappa shape index (κ3) is 9.68. The van der Waals surface area contributed by atoms with E-state index >= 15 is 0 Å². The Balaban J connectivity index is 1.58. The van der Waals surface area contributed by atoms with Gasteiger partial charge in [0.25, 0.3) is 0 Å². The first-order valence-corrected chi connectivity index (χ1v) is 17.7. The van der Waals surface area contributed by atoms with Crippen molar-refractivity contribution in [1.29, 1.82) is 0 Å². The summed E-state index contributed by atoms with van der Waals surface area (Å²) in [4.78, 5) is 29.8. The summed E-state index contributed by atoms with van der Waals surface area (Å²) in [7, 11) is -3.55. The van der Waals surface area contributed by atoms with Crippen molar-refractivity contribution in [1.82, 2.24) is 10.2 Å². The molecule has 0 heterocycles. The van der Waals surface area contributed by atoms with E-state index in [1.807, 2.05) is 85.8 Å². The molecule has 0 radical (unpaired) electrons. The van der Waals surface area contributed by atoms with Gasteiger partial charge in [0.1, 0.15) is 6.04 Å². The number of hydrogen-bond donors (Lipinski definition) is 1. The highest BCUT2D eigenvalue weighted by Gasteiger charge is 2.32. The number of carbonyl (C=O) groups is 2. The fraction of sp³-hybridized carbons (Fsp3) is 0.444. The van der Waals surface area contributed by atoms with Gasteiger partial charge < -0.3 is 10.2 Å². The van der Waals surface area contributed by atoms with Gasteiger partial charge in [-0.15, -0.1) is 0 Å². The van der Waals surface area contributed by atoms with E-state index in [2.05, 4.69) is 12.2 Å². The van der Waals surface area contributed by atoms with E-state index in [0.29, 0.717) is 25.1 Å². The second-order valence-corrected chi connectivity index (χ2v) is 13.9. The van der Waals surface area contributed by atoms with Crippen LogP contribution in [0.4, 0.5) is 5.69 Å². The number of carbonyl (C=O) groups excluding carboxylic acids is 2. The molecule has 1 N–H and O–H groups in total. The van der Waals surface area contributed by atoms with Crippen LogP contribution in [0.3, 0.4) is 0 Å². The van der Waals surface area contributed by atoms with E-state index in [1.165, 1.54) is 17.0 Å². The van der Waals surface area contributed by atoms with Crippen molar-refractivity contribution >= 4 is 27.5 Å². The van der Waals surface area contributed by atoms with Crippen molar-refractivity contribution in [2.75, 3.05) is 17.1 Å². The fourth-order valence-electron chi connectivity index (χ4n) is 6.01. The maximum absolute atomic E-state index is 14.1. The van der Waals surface area contributed by atoms with Crippen molar-refractivity contribution in [3.8, 4) is 0 Å². The molecule has 3 aromatic rings. The molecule has 4 rings (SSSR count). The van der Waals surface area contributed by atoms with Crippen molar-refractivity contribution < 1.29 is 18.0 Å². The number of nitrogens with one attached hydrogen (secondary N) is 1. The fourth-order valence-corrected chi connectivity index (χ4v) is 6.97. The molecule has 3 aromatic carbocycles. The first-order valence-electron chi connectivity index (χ1n) is 15.9. The smallest absolute Gasteiger partial charge is 0.243 e. The van der Waals surface area contributed by atoms with E-state index in [0.717, 1.165) is 54.4 Å². The standard InChI is InChI=1S/C36H47N3O4S/c1-4-29-20-22-33(23-21-29)39(44(3,42)43)24-12-19-35(40)38(27-31-16-11-13-28(2)25-31)34(26-30-14-7-5-8-15-30)36(41)37-32-17-9-6-10-18-32/h5,7-8,11,13-16,20-23,25,32,34H,4,6,9-10,12,17-19,24,26-27H2,1-3H3,(H,37,41).